The predicted octanol–water partition coefficient (Wildman–Crippen LogP) is 5.27. The van der Waals surface area contributed by atoms with Crippen molar-refractivity contribution in [2.24, 2.45) is 0 Å². The third-order valence-corrected chi connectivity index (χ3v) is 4.60. The number of carbonyl (C=O) groups excluding carboxylic acids is 1. The third kappa shape index (κ3) is 3.50. The van der Waals surface area contributed by atoms with Gasteiger partial charge in [0.2, 0.25) is 11.7 Å². The first-order valence-corrected chi connectivity index (χ1v) is 8.30. The van der Waals surface area contributed by atoms with Crippen molar-refractivity contribution in [2.45, 2.75) is 4.90 Å². The Morgan fingerprint density at radius 2 is 1.38 bits per heavy atom. The van der Waals surface area contributed by atoms with Crippen molar-refractivity contribution < 1.29 is 26.7 Å². The van der Waals surface area contributed by atoms with E-state index < -0.39 is 45.6 Å². The van der Waals surface area contributed by atoms with Crippen molar-refractivity contribution in [1.29, 1.82) is 0 Å². The molecule has 0 heterocycles. The van der Waals surface area contributed by atoms with Gasteiger partial charge in [0.15, 0.2) is 23.3 Å². The lowest BCUT2D eigenvalue weighted by Gasteiger charge is -2.09. The van der Waals surface area contributed by atoms with Crippen LogP contribution in [0.1, 0.15) is 0 Å². The van der Waals surface area contributed by atoms with E-state index in [9.17, 15) is 26.7 Å². The third-order valence-electron chi connectivity index (χ3n) is 3.55. The van der Waals surface area contributed by atoms with Crippen LogP contribution in [-0.2, 0) is 4.79 Å². The molecular formula is C18H10F5NOS. The first-order valence-electron chi connectivity index (χ1n) is 7.31. The second kappa shape index (κ2) is 7.33. The largest absolute Gasteiger partial charge is 0.325 e. The summed E-state index contributed by atoms with van der Waals surface area (Å²) in [7, 11) is 0. The number of amides is 1. The average Bonchev–Trinajstić information content (AvgIpc) is 2.64. The number of fused-ring (bicyclic) bond motifs is 1. The van der Waals surface area contributed by atoms with Gasteiger partial charge in [0.05, 0.1) is 10.6 Å². The van der Waals surface area contributed by atoms with Crippen molar-refractivity contribution in [3.05, 3.63) is 71.6 Å². The lowest BCUT2D eigenvalue weighted by Crippen LogP contribution is -2.14. The van der Waals surface area contributed by atoms with Gasteiger partial charge in [-0.15, -0.1) is 11.8 Å². The zero-order valence-corrected chi connectivity index (χ0v) is 13.8. The Labute approximate surface area is 149 Å². The number of carbonyl (C=O) groups is 1. The van der Waals surface area contributed by atoms with E-state index in [2.05, 4.69) is 5.32 Å². The summed E-state index contributed by atoms with van der Waals surface area (Å²) in [6.45, 7) is 0. The topological polar surface area (TPSA) is 29.1 Å². The molecule has 0 fully saturated rings. The Balaban J connectivity index is 1.73. The lowest BCUT2D eigenvalue weighted by atomic mass is 10.1. The van der Waals surface area contributed by atoms with E-state index in [4.69, 9.17) is 0 Å². The Hall–Kier alpha value is -2.61. The first-order chi connectivity index (χ1) is 12.4. The molecule has 0 unspecified atom stereocenters. The van der Waals surface area contributed by atoms with Gasteiger partial charge in [0, 0.05) is 5.69 Å². The monoisotopic (exact) mass is 383 g/mol. The molecule has 0 atom stereocenters. The van der Waals surface area contributed by atoms with Gasteiger partial charge in [0.1, 0.15) is 0 Å². The molecule has 3 aromatic carbocycles. The molecule has 0 aliphatic heterocycles. The minimum atomic E-state index is -2.23. The minimum absolute atomic E-state index is 0.233. The van der Waals surface area contributed by atoms with Crippen molar-refractivity contribution in [3.63, 3.8) is 0 Å². The Morgan fingerprint density at radius 3 is 2.04 bits per heavy atom. The molecule has 3 rings (SSSR count). The maximum absolute atomic E-state index is 13.6. The van der Waals surface area contributed by atoms with Crippen molar-refractivity contribution in [3.8, 4) is 0 Å². The van der Waals surface area contributed by atoms with E-state index in [-0.39, 0.29) is 11.8 Å². The number of rotatable bonds is 4. The van der Waals surface area contributed by atoms with E-state index in [0.29, 0.717) is 5.69 Å². The average molecular weight is 383 g/mol. The summed E-state index contributed by atoms with van der Waals surface area (Å²) in [6, 6.07) is 12.5. The molecule has 0 spiro atoms. The minimum Gasteiger partial charge on any atom is -0.325 e. The fraction of sp³-hybridized carbons (Fsp3) is 0.0556. The molecule has 134 valence electrons. The first kappa shape index (κ1) is 18.2. The van der Waals surface area contributed by atoms with Crippen LogP contribution in [0.25, 0.3) is 10.8 Å². The highest BCUT2D eigenvalue weighted by Crippen LogP contribution is 2.31. The van der Waals surface area contributed by atoms with Crippen LogP contribution in [0.4, 0.5) is 27.6 Å². The number of hydrogen-bond donors (Lipinski definition) is 1. The number of nitrogens with one attached hydrogen (secondary N) is 1. The molecule has 0 bridgehead atoms. The number of anilines is 1. The summed E-state index contributed by atoms with van der Waals surface area (Å²) in [5.74, 6) is -11.4. The Bertz CT molecular complexity index is 979. The predicted molar refractivity (Wildman–Crippen MR) is 89.5 cm³/mol. The van der Waals surface area contributed by atoms with E-state index >= 15 is 0 Å². The molecule has 8 heteroatoms. The number of hydrogen-bond acceptors (Lipinski definition) is 2. The molecule has 0 aromatic heterocycles. The zero-order chi connectivity index (χ0) is 18.8. The standard InChI is InChI=1S/C18H10F5NOS/c19-13-14(20)16(22)18(17(23)15(13)21)26-8-12(25)24-11-6-5-9-3-1-2-4-10(9)7-11/h1-7H,8H2,(H,24,25). The molecule has 0 saturated heterocycles. The molecule has 0 saturated carbocycles. The van der Waals surface area contributed by atoms with Crippen LogP contribution < -0.4 is 5.32 Å². The molecule has 3 aromatic rings. The highest BCUT2D eigenvalue weighted by Gasteiger charge is 2.26. The molecule has 0 radical (unpaired) electrons. The normalized spacial score (nSPS) is 11.0. The van der Waals surface area contributed by atoms with Crippen LogP contribution in [0.5, 0.6) is 0 Å². The highest BCUT2D eigenvalue weighted by molar-refractivity contribution is 8.00. The molecule has 1 amide bonds. The maximum Gasteiger partial charge on any atom is 0.234 e. The summed E-state index contributed by atoms with van der Waals surface area (Å²) >= 11 is 0.233. The van der Waals surface area contributed by atoms with Crippen LogP contribution in [0.15, 0.2) is 47.4 Å². The van der Waals surface area contributed by atoms with E-state index in [0.717, 1.165) is 10.8 Å². The van der Waals surface area contributed by atoms with Gasteiger partial charge in [-0.25, -0.2) is 22.0 Å². The fourth-order valence-electron chi connectivity index (χ4n) is 2.31. The molecule has 2 nitrogen and oxygen atoms in total. The van der Waals surface area contributed by atoms with Gasteiger partial charge in [-0.1, -0.05) is 30.3 Å². The quantitative estimate of drug-likeness (QED) is 0.288. The number of halogens is 5. The number of thioether (sulfide) groups is 1. The SMILES string of the molecule is O=C(CSc1c(F)c(F)c(F)c(F)c1F)Nc1ccc2ccccc2c1. The lowest BCUT2D eigenvalue weighted by molar-refractivity contribution is -0.113. The van der Waals surface area contributed by atoms with Crippen LogP contribution >= 0.6 is 11.8 Å². The van der Waals surface area contributed by atoms with Crippen molar-refractivity contribution in [1.82, 2.24) is 0 Å². The van der Waals surface area contributed by atoms with Gasteiger partial charge in [0.25, 0.3) is 0 Å². The highest BCUT2D eigenvalue weighted by atomic mass is 32.2. The van der Waals surface area contributed by atoms with E-state index in [1.54, 1.807) is 18.2 Å². The van der Waals surface area contributed by atoms with Gasteiger partial charge in [-0.05, 0) is 22.9 Å². The van der Waals surface area contributed by atoms with Gasteiger partial charge < -0.3 is 5.32 Å². The van der Waals surface area contributed by atoms with Crippen LogP contribution in [-0.4, -0.2) is 11.7 Å². The molecule has 26 heavy (non-hydrogen) atoms. The molecule has 0 aliphatic rings. The second-order valence-corrected chi connectivity index (χ2v) is 6.28. The summed E-state index contributed by atoms with van der Waals surface area (Å²) in [6.07, 6.45) is 0. The Morgan fingerprint density at radius 1 is 0.808 bits per heavy atom. The van der Waals surface area contributed by atoms with Crippen molar-refractivity contribution >= 4 is 34.1 Å². The van der Waals surface area contributed by atoms with Gasteiger partial charge in [-0.2, -0.15) is 0 Å². The zero-order valence-electron chi connectivity index (χ0n) is 13.0. The fourth-order valence-corrected chi connectivity index (χ4v) is 3.09. The molecule has 1 N–H and O–H groups in total. The summed E-state index contributed by atoms with van der Waals surface area (Å²) in [5, 5.41) is 4.35. The maximum atomic E-state index is 13.6. The molecule has 0 aliphatic carbocycles. The molecular weight excluding hydrogens is 373 g/mol. The summed E-state index contributed by atoms with van der Waals surface area (Å²) in [5.41, 5.74) is 0.451. The van der Waals surface area contributed by atoms with E-state index in [1.807, 2.05) is 24.3 Å². The van der Waals surface area contributed by atoms with Gasteiger partial charge in [-0.3, -0.25) is 4.79 Å². The van der Waals surface area contributed by atoms with Crippen LogP contribution in [0, 0.1) is 29.1 Å². The summed E-state index contributed by atoms with van der Waals surface area (Å²) in [4.78, 5) is 10.9. The second-order valence-electron chi connectivity index (χ2n) is 5.30. The summed E-state index contributed by atoms with van der Waals surface area (Å²) < 4.78 is 66.5. The number of benzene rings is 3. The van der Waals surface area contributed by atoms with Crippen LogP contribution in [0.3, 0.4) is 0 Å². The van der Waals surface area contributed by atoms with Crippen LogP contribution in [0.2, 0.25) is 0 Å². The van der Waals surface area contributed by atoms with Crippen molar-refractivity contribution in [2.75, 3.05) is 11.1 Å². The van der Waals surface area contributed by atoms with E-state index in [1.165, 1.54) is 0 Å². The van der Waals surface area contributed by atoms with Gasteiger partial charge >= 0.3 is 0 Å². The Kier molecular flexibility index (Phi) is 5.13. The smallest absolute Gasteiger partial charge is 0.234 e.